The van der Waals surface area contributed by atoms with Gasteiger partial charge in [-0.25, -0.2) is 4.98 Å². The maximum atomic E-state index is 12.5. The number of H-pyrrole nitrogens is 2. The molecule has 4 nitrogen and oxygen atoms in total. The molecule has 0 atom stereocenters. The Morgan fingerprint density at radius 1 is 1.11 bits per heavy atom. The van der Waals surface area contributed by atoms with Crippen molar-refractivity contribution >= 4 is 11.0 Å². The smallest absolute Gasteiger partial charge is 0.337 e. The van der Waals surface area contributed by atoms with E-state index in [9.17, 15) is 13.2 Å². The van der Waals surface area contributed by atoms with Gasteiger partial charge in [0.15, 0.2) is 5.82 Å². The molecule has 0 aliphatic heterocycles. The summed E-state index contributed by atoms with van der Waals surface area (Å²) in [6.45, 7) is 0. The summed E-state index contributed by atoms with van der Waals surface area (Å²) in [4.78, 5) is 7.01. The van der Waals surface area contributed by atoms with Crippen molar-refractivity contribution in [1.82, 2.24) is 20.2 Å². The molecule has 3 aromatic rings. The van der Waals surface area contributed by atoms with Crippen molar-refractivity contribution in [2.75, 3.05) is 0 Å². The second kappa shape index (κ2) is 3.59. The van der Waals surface area contributed by atoms with Crippen molar-refractivity contribution in [2.24, 2.45) is 0 Å². The number of imidazole rings is 1. The molecule has 2 heterocycles. The molecule has 0 radical (unpaired) electrons. The molecule has 0 amide bonds. The van der Waals surface area contributed by atoms with Crippen LogP contribution in [0.1, 0.15) is 5.56 Å². The second-order valence-corrected chi connectivity index (χ2v) is 3.79. The van der Waals surface area contributed by atoms with E-state index >= 15 is 0 Å². The Hall–Kier alpha value is -2.31. The predicted octanol–water partition coefficient (Wildman–Crippen LogP) is 2.97. The third-order valence-corrected chi connectivity index (χ3v) is 2.57. The lowest BCUT2D eigenvalue weighted by Gasteiger charge is -2.05. The largest absolute Gasteiger partial charge is 0.416 e. The SMILES string of the molecule is FC(F)(F)c1ccc2nc(-c3ccn[nH]3)[nH]c2c1. The molecule has 0 spiro atoms. The lowest BCUT2D eigenvalue weighted by Crippen LogP contribution is -2.04. The normalized spacial score (nSPS) is 12.2. The van der Waals surface area contributed by atoms with Gasteiger partial charge in [0.05, 0.1) is 16.6 Å². The minimum absolute atomic E-state index is 0.342. The average Bonchev–Trinajstić information content (AvgIpc) is 2.95. The van der Waals surface area contributed by atoms with Gasteiger partial charge in [0, 0.05) is 6.20 Å². The maximum Gasteiger partial charge on any atom is 0.416 e. The Morgan fingerprint density at radius 3 is 2.61 bits per heavy atom. The summed E-state index contributed by atoms with van der Waals surface area (Å²) in [5.74, 6) is 0.460. The first-order chi connectivity index (χ1) is 8.54. The van der Waals surface area contributed by atoms with Crippen LogP contribution in [0, 0.1) is 0 Å². The zero-order valence-corrected chi connectivity index (χ0v) is 8.92. The summed E-state index contributed by atoms with van der Waals surface area (Å²) in [5.41, 5.74) is 0.747. The fraction of sp³-hybridized carbons (Fsp3) is 0.0909. The third-order valence-electron chi connectivity index (χ3n) is 2.57. The van der Waals surface area contributed by atoms with Crippen LogP contribution in [0.15, 0.2) is 30.5 Å². The highest BCUT2D eigenvalue weighted by molar-refractivity contribution is 5.79. The lowest BCUT2D eigenvalue weighted by molar-refractivity contribution is -0.137. The number of halogens is 3. The quantitative estimate of drug-likeness (QED) is 0.699. The average molecular weight is 252 g/mol. The van der Waals surface area contributed by atoms with E-state index in [4.69, 9.17) is 0 Å². The summed E-state index contributed by atoms with van der Waals surface area (Å²) >= 11 is 0. The monoisotopic (exact) mass is 252 g/mol. The first kappa shape index (κ1) is 10.8. The molecule has 7 heteroatoms. The molecule has 3 rings (SSSR count). The highest BCUT2D eigenvalue weighted by atomic mass is 19.4. The van der Waals surface area contributed by atoms with Crippen LogP contribution in [0.25, 0.3) is 22.6 Å². The molecule has 0 saturated carbocycles. The van der Waals surface area contributed by atoms with Crippen LogP contribution in [0.5, 0.6) is 0 Å². The molecule has 2 aromatic heterocycles. The van der Waals surface area contributed by atoms with Crippen LogP contribution in [0.2, 0.25) is 0 Å². The zero-order valence-electron chi connectivity index (χ0n) is 8.92. The van der Waals surface area contributed by atoms with Crippen molar-refractivity contribution < 1.29 is 13.2 Å². The molecule has 1 aromatic carbocycles. The fourth-order valence-corrected chi connectivity index (χ4v) is 1.70. The Morgan fingerprint density at radius 2 is 1.94 bits per heavy atom. The van der Waals surface area contributed by atoms with Crippen molar-refractivity contribution in [3.8, 4) is 11.5 Å². The number of hydrogen-bond donors (Lipinski definition) is 2. The van der Waals surface area contributed by atoms with E-state index in [0.717, 1.165) is 12.1 Å². The summed E-state index contributed by atoms with van der Waals surface area (Å²) in [6.07, 6.45) is -2.81. The summed E-state index contributed by atoms with van der Waals surface area (Å²) in [7, 11) is 0. The van der Waals surface area contributed by atoms with Gasteiger partial charge in [-0.05, 0) is 24.3 Å². The molecule has 18 heavy (non-hydrogen) atoms. The topological polar surface area (TPSA) is 57.4 Å². The van der Waals surface area contributed by atoms with Crippen molar-refractivity contribution in [3.63, 3.8) is 0 Å². The zero-order chi connectivity index (χ0) is 12.8. The van der Waals surface area contributed by atoms with Crippen molar-refractivity contribution in [1.29, 1.82) is 0 Å². The number of benzene rings is 1. The van der Waals surface area contributed by atoms with Gasteiger partial charge in [-0.2, -0.15) is 18.3 Å². The molecule has 0 saturated heterocycles. The van der Waals surface area contributed by atoms with Gasteiger partial charge < -0.3 is 4.98 Å². The third kappa shape index (κ3) is 1.73. The summed E-state index contributed by atoms with van der Waals surface area (Å²) in [6, 6.07) is 5.08. The van der Waals surface area contributed by atoms with Gasteiger partial charge in [-0.15, -0.1) is 0 Å². The highest BCUT2D eigenvalue weighted by Crippen LogP contribution is 2.31. The minimum Gasteiger partial charge on any atom is -0.337 e. The molecule has 0 fully saturated rings. The van der Waals surface area contributed by atoms with Crippen LogP contribution in [0.4, 0.5) is 13.2 Å². The fourth-order valence-electron chi connectivity index (χ4n) is 1.70. The number of alkyl halides is 3. The van der Waals surface area contributed by atoms with E-state index in [1.165, 1.54) is 6.07 Å². The van der Waals surface area contributed by atoms with E-state index in [2.05, 4.69) is 20.2 Å². The Balaban J connectivity index is 2.13. The predicted molar refractivity (Wildman–Crippen MR) is 58.7 cm³/mol. The molecular weight excluding hydrogens is 245 g/mol. The van der Waals surface area contributed by atoms with E-state index in [1.807, 2.05) is 0 Å². The van der Waals surface area contributed by atoms with E-state index in [-0.39, 0.29) is 0 Å². The van der Waals surface area contributed by atoms with E-state index in [0.29, 0.717) is 22.6 Å². The molecule has 92 valence electrons. The number of aromatic amines is 2. The molecule has 2 N–H and O–H groups in total. The van der Waals surface area contributed by atoms with Crippen LogP contribution in [-0.4, -0.2) is 20.2 Å². The van der Waals surface area contributed by atoms with Crippen LogP contribution >= 0.6 is 0 Å². The Labute approximate surface area is 98.9 Å². The van der Waals surface area contributed by atoms with Crippen LogP contribution < -0.4 is 0 Å². The van der Waals surface area contributed by atoms with Crippen LogP contribution in [-0.2, 0) is 6.18 Å². The van der Waals surface area contributed by atoms with Gasteiger partial charge in [0.1, 0.15) is 5.69 Å². The van der Waals surface area contributed by atoms with Gasteiger partial charge in [-0.1, -0.05) is 0 Å². The standard InChI is InChI=1S/C11H7F3N4/c12-11(13,14)6-1-2-7-9(5-6)17-10(16-7)8-3-4-15-18-8/h1-5H,(H,15,18)(H,16,17). The number of hydrogen-bond acceptors (Lipinski definition) is 2. The molecular formula is C11H7F3N4. The van der Waals surface area contributed by atoms with E-state index in [1.54, 1.807) is 12.3 Å². The highest BCUT2D eigenvalue weighted by Gasteiger charge is 2.30. The van der Waals surface area contributed by atoms with Crippen LogP contribution in [0.3, 0.4) is 0 Å². The number of nitrogens with one attached hydrogen (secondary N) is 2. The van der Waals surface area contributed by atoms with Gasteiger partial charge in [0.2, 0.25) is 0 Å². The minimum atomic E-state index is -4.35. The van der Waals surface area contributed by atoms with E-state index < -0.39 is 11.7 Å². The molecule has 0 unspecified atom stereocenters. The van der Waals surface area contributed by atoms with Gasteiger partial charge in [0.25, 0.3) is 0 Å². The van der Waals surface area contributed by atoms with Crippen molar-refractivity contribution in [3.05, 3.63) is 36.0 Å². The van der Waals surface area contributed by atoms with Crippen molar-refractivity contribution in [2.45, 2.75) is 6.18 Å². The Kier molecular flexibility index (Phi) is 2.16. The molecule has 0 aliphatic carbocycles. The lowest BCUT2D eigenvalue weighted by atomic mass is 10.2. The second-order valence-electron chi connectivity index (χ2n) is 3.79. The maximum absolute atomic E-state index is 12.5. The first-order valence-electron chi connectivity index (χ1n) is 5.11. The number of rotatable bonds is 1. The van der Waals surface area contributed by atoms with Gasteiger partial charge in [-0.3, -0.25) is 5.10 Å². The molecule has 0 bridgehead atoms. The molecule has 0 aliphatic rings. The Bertz CT molecular complexity index is 682. The summed E-state index contributed by atoms with van der Waals surface area (Å²) < 4.78 is 37.6. The number of fused-ring (bicyclic) bond motifs is 1. The number of aromatic nitrogens is 4. The van der Waals surface area contributed by atoms with Gasteiger partial charge >= 0.3 is 6.18 Å². The number of nitrogens with zero attached hydrogens (tertiary/aromatic N) is 2. The summed E-state index contributed by atoms with van der Waals surface area (Å²) in [5, 5.41) is 6.45. The first-order valence-corrected chi connectivity index (χ1v) is 5.11.